The highest BCUT2D eigenvalue weighted by molar-refractivity contribution is 5.84. The summed E-state index contributed by atoms with van der Waals surface area (Å²) in [5.74, 6) is -0.154. The van der Waals surface area contributed by atoms with Gasteiger partial charge in [-0.3, -0.25) is 9.59 Å². The van der Waals surface area contributed by atoms with Crippen molar-refractivity contribution < 1.29 is 9.59 Å². The van der Waals surface area contributed by atoms with Gasteiger partial charge in [0.15, 0.2) is 0 Å². The number of carbonyl (C=O) groups excluding carboxylic acids is 2. The normalized spacial score (nSPS) is 21.5. The van der Waals surface area contributed by atoms with Gasteiger partial charge in [-0.1, -0.05) is 30.3 Å². The van der Waals surface area contributed by atoms with Crippen molar-refractivity contribution in [2.45, 2.75) is 25.4 Å². The lowest BCUT2D eigenvalue weighted by Gasteiger charge is -2.30. The van der Waals surface area contributed by atoms with Crippen LogP contribution in [-0.2, 0) is 9.59 Å². The second-order valence-corrected chi connectivity index (χ2v) is 4.80. The molecule has 0 spiro atoms. The average Bonchev–Trinajstić information content (AvgIpc) is 2.60. The van der Waals surface area contributed by atoms with E-state index in [-0.39, 0.29) is 24.3 Å². The number of amides is 2. The summed E-state index contributed by atoms with van der Waals surface area (Å²) in [5, 5.41) is 2.79. The lowest BCUT2D eigenvalue weighted by atomic mass is 10.0. The molecule has 2 amide bonds. The molecule has 0 saturated carbocycles. The van der Waals surface area contributed by atoms with E-state index in [1.165, 1.54) is 0 Å². The minimum Gasteiger partial charge on any atom is -0.354 e. The van der Waals surface area contributed by atoms with Crippen molar-refractivity contribution >= 4 is 11.8 Å². The Morgan fingerprint density at radius 2 is 2.11 bits per heavy atom. The van der Waals surface area contributed by atoms with Gasteiger partial charge < -0.3 is 16.0 Å². The van der Waals surface area contributed by atoms with Crippen LogP contribution in [0.25, 0.3) is 0 Å². The molecule has 19 heavy (non-hydrogen) atoms. The number of nitrogens with two attached hydrogens (primary N) is 1. The molecule has 1 aromatic carbocycles. The van der Waals surface area contributed by atoms with Gasteiger partial charge in [-0.25, -0.2) is 0 Å². The van der Waals surface area contributed by atoms with E-state index in [2.05, 4.69) is 5.32 Å². The molecule has 1 aliphatic heterocycles. The topological polar surface area (TPSA) is 75.4 Å². The van der Waals surface area contributed by atoms with Crippen molar-refractivity contribution in [2.75, 3.05) is 13.1 Å². The van der Waals surface area contributed by atoms with Crippen LogP contribution in [0.5, 0.6) is 0 Å². The first kappa shape index (κ1) is 13.5. The summed E-state index contributed by atoms with van der Waals surface area (Å²) in [5.41, 5.74) is 6.66. The van der Waals surface area contributed by atoms with Crippen molar-refractivity contribution in [3.05, 3.63) is 35.9 Å². The highest BCUT2D eigenvalue weighted by Gasteiger charge is 2.30. The van der Waals surface area contributed by atoms with Crippen LogP contribution in [0.2, 0.25) is 0 Å². The highest BCUT2D eigenvalue weighted by atomic mass is 16.2. The Balaban J connectivity index is 2.31. The minimum atomic E-state index is -0.556. The summed E-state index contributed by atoms with van der Waals surface area (Å²) in [4.78, 5) is 25.6. The third-order valence-electron chi connectivity index (χ3n) is 3.29. The van der Waals surface area contributed by atoms with Gasteiger partial charge in [0.1, 0.15) is 0 Å². The van der Waals surface area contributed by atoms with E-state index in [0.29, 0.717) is 13.1 Å². The lowest BCUT2D eigenvalue weighted by molar-refractivity contribution is -0.134. The van der Waals surface area contributed by atoms with Crippen LogP contribution in [0.3, 0.4) is 0 Å². The Morgan fingerprint density at radius 1 is 1.42 bits per heavy atom. The van der Waals surface area contributed by atoms with Crippen molar-refractivity contribution in [2.24, 2.45) is 5.73 Å². The van der Waals surface area contributed by atoms with E-state index >= 15 is 0 Å². The molecule has 1 saturated heterocycles. The number of benzene rings is 1. The maximum atomic E-state index is 12.2. The molecule has 0 aromatic heterocycles. The SMILES string of the molecule is C[C@H](N)C(=O)N1CCNC(=O)CC1c1ccccc1. The summed E-state index contributed by atoms with van der Waals surface area (Å²) in [7, 11) is 0. The number of hydrogen-bond acceptors (Lipinski definition) is 3. The minimum absolute atomic E-state index is 0.0335. The maximum Gasteiger partial charge on any atom is 0.239 e. The zero-order valence-corrected chi connectivity index (χ0v) is 11.0. The predicted molar refractivity (Wildman–Crippen MR) is 72.2 cm³/mol. The number of nitrogens with one attached hydrogen (secondary N) is 1. The molecule has 0 bridgehead atoms. The van der Waals surface area contributed by atoms with Gasteiger partial charge >= 0.3 is 0 Å². The van der Waals surface area contributed by atoms with E-state index in [9.17, 15) is 9.59 Å². The van der Waals surface area contributed by atoms with Crippen molar-refractivity contribution in [3.8, 4) is 0 Å². The zero-order valence-electron chi connectivity index (χ0n) is 11.0. The second kappa shape index (κ2) is 5.84. The molecule has 3 N–H and O–H groups in total. The number of hydrogen-bond donors (Lipinski definition) is 2. The Morgan fingerprint density at radius 3 is 2.74 bits per heavy atom. The third-order valence-corrected chi connectivity index (χ3v) is 3.29. The molecule has 1 heterocycles. The first-order valence-electron chi connectivity index (χ1n) is 6.47. The monoisotopic (exact) mass is 261 g/mol. The van der Waals surface area contributed by atoms with Gasteiger partial charge in [-0.2, -0.15) is 0 Å². The summed E-state index contributed by atoms with van der Waals surface area (Å²) >= 11 is 0. The molecule has 5 heteroatoms. The van der Waals surface area contributed by atoms with Crippen LogP contribution < -0.4 is 11.1 Å². The molecule has 0 radical (unpaired) electrons. The van der Waals surface area contributed by atoms with E-state index in [4.69, 9.17) is 5.73 Å². The first-order valence-corrected chi connectivity index (χ1v) is 6.47. The fraction of sp³-hybridized carbons (Fsp3) is 0.429. The third kappa shape index (κ3) is 3.12. The molecular weight excluding hydrogens is 242 g/mol. The smallest absolute Gasteiger partial charge is 0.239 e. The summed E-state index contributed by atoms with van der Waals surface area (Å²) in [6.45, 7) is 2.64. The van der Waals surface area contributed by atoms with Crippen LogP contribution in [-0.4, -0.2) is 35.8 Å². The van der Waals surface area contributed by atoms with Crippen LogP contribution in [0.1, 0.15) is 24.9 Å². The largest absolute Gasteiger partial charge is 0.354 e. The van der Waals surface area contributed by atoms with E-state index in [1.54, 1.807) is 11.8 Å². The second-order valence-electron chi connectivity index (χ2n) is 4.80. The molecule has 1 aromatic rings. The predicted octanol–water partition coefficient (Wildman–Crippen LogP) is 0.423. The van der Waals surface area contributed by atoms with Gasteiger partial charge in [0, 0.05) is 13.1 Å². The fourth-order valence-corrected chi connectivity index (χ4v) is 2.33. The van der Waals surface area contributed by atoms with Crippen molar-refractivity contribution in [3.63, 3.8) is 0 Å². The van der Waals surface area contributed by atoms with Crippen LogP contribution in [0.15, 0.2) is 30.3 Å². The molecule has 5 nitrogen and oxygen atoms in total. The molecule has 2 atom stereocenters. The number of nitrogens with zero attached hydrogens (tertiary/aromatic N) is 1. The molecule has 102 valence electrons. The van der Waals surface area contributed by atoms with Crippen LogP contribution in [0.4, 0.5) is 0 Å². The Hall–Kier alpha value is -1.88. The van der Waals surface area contributed by atoms with Crippen LogP contribution >= 0.6 is 0 Å². The van der Waals surface area contributed by atoms with Crippen LogP contribution in [0, 0.1) is 0 Å². The van der Waals surface area contributed by atoms with E-state index in [0.717, 1.165) is 5.56 Å². The maximum absolute atomic E-state index is 12.2. The van der Waals surface area contributed by atoms with E-state index < -0.39 is 6.04 Å². The molecule has 1 aliphatic rings. The molecule has 2 rings (SSSR count). The zero-order chi connectivity index (χ0) is 13.8. The van der Waals surface area contributed by atoms with Gasteiger partial charge in [0.05, 0.1) is 18.5 Å². The highest BCUT2D eigenvalue weighted by Crippen LogP contribution is 2.26. The van der Waals surface area contributed by atoms with Crippen molar-refractivity contribution in [1.29, 1.82) is 0 Å². The standard InChI is InChI=1S/C14H19N3O2/c1-10(15)14(19)17-8-7-16-13(18)9-12(17)11-5-3-2-4-6-11/h2-6,10,12H,7-9,15H2,1H3,(H,16,18)/t10-,12?/m0/s1. The summed E-state index contributed by atoms with van der Waals surface area (Å²) in [6.07, 6.45) is 0.280. The molecule has 1 unspecified atom stereocenters. The van der Waals surface area contributed by atoms with Crippen molar-refractivity contribution in [1.82, 2.24) is 10.2 Å². The Bertz CT molecular complexity index is 459. The quantitative estimate of drug-likeness (QED) is 0.810. The van der Waals surface area contributed by atoms with Gasteiger partial charge in [-0.15, -0.1) is 0 Å². The van der Waals surface area contributed by atoms with Gasteiger partial charge in [0.2, 0.25) is 11.8 Å². The summed E-state index contributed by atoms with van der Waals surface area (Å²) in [6, 6.07) is 8.81. The van der Waals surface area contributed by atoms with E-state index in [1.807, 2.05) is 30.3 Å². The average molecular weight is 261 g/mol. The number of carbonyl (C=O) groups is 2. The lowest BCUT2D eigenvalue weighted by Crippen LogP contribution is -2.44. The Kier molecular flexibility index (Phi) is 4.16. The Labute approximate surface area is 112 Å². The summed E-state index contributed by atoms with van der Waals surface area (Å²) < 4.78 is 0. The molecule has 1 fully saturated rings. The number of rotatable bonds is 2. The fourth-order valence-electron chi connectivity index (χ4n) is 2.33. The first-order chi connectivity index (χ1) is 9.09. The molecular formula is C14H19N3O2. The molecule has 0 aliphatic carbocycles. The van der Waals surface area contributed by atoms with Gasteiger partial charge in [-0.05, 0) is 12.5 Å². The van der Waals surface area contributed by atoms with Gasteiger partial charge in [0.25, 0.3) is 0 Å².